The molecule has 0 saturated carbocycles. The molecule has 3 heteroatoms. The van der Waals surface area contributed by atoms with E-state index >= 15 is 0 Å². The molecule has 0 aliphatic heterocycles. The third kappa shape index (κ3) is 6.10. The highest BCUT2D eigenvalue weighted by Gasteiger charge is 2.08. The van der Waals surface area contributed by atoms with Crippen LogP contribution in [0.15, 0.2) is 18.2 Å². The molecule has 3 nitrogen and oxygen atoms in total. The third-order valence-electron chi connectivity index (χ3n) is 3.13. The molecule has 0 saturated heterocycles. The van der Waals surface area contributed by atoms with Crippen molar-refractivity contribution in [2.75, 3.05) is 19.7 Å². The van der Waals surface area contributed by atoms with Crippen LogP contribution >= 0.6 is 0 Å². The first-order chi connectivity index (χ1) is 9.65. The summed E-state index contributed by atoms with van der Waals surface area (Å²) >= 11 is 0. The maximum Gasteiger partial charge on any atom is 0.125 e. The normalized spacial score (nSPS) is 11.9. The van der Waals surface area contributed by atoms with Crippen LogP contribution in [0.4, 0.5) is 0 Å². The Kier molecular flexibility index (Phi) is 7.79. The van der Waals surface area contributed by atoms with Gasteiger partial charge in [0.15, 0.2) is 0 Å². The number of hydrogen-bond donors (Lipinski definition) is 2. The van der Waals surface area contributed by atoms with E-state index < -0.39 is 6.10 Å². The molecule has 1 atom stereocenters. The van der Waals surface area contributed by atoms with Crippen LogP contribution in [0.5, 0.6) is 5.75 Å². The Morgan fingerprint density at radius 1 is 1.30 bits per heavy atom. The maximum absolute atomic E-state index is 9.88. The van der Waals surface area contributed by atoms with Gasteiger partial charge < -0.3 is 15.2 Å². The molecule has 1 aromatic carbocycles. The number of para-hydroxylation sites is 1. The Morgan fingerprint density at radius 3 is 2.65 bits per heavy atom. The zero-order valence-electron chi connectivity index (χ0n) is 12.5. The first kappa shape index (κ1) is 16.6. The van der Waals surface area contributed by atoms with Crippen molar-refractivity contribution in [2.45, 2.75) is 39.2 Å². The number of aliphatic hydroxyl groups excluding tert-OH is 1. The smallest absolute Gasteiger partial charge is 0.125 e. The van der Waals surface area contributed by atoms with Gasteiger partial charge in [-0.3, -0.25) is 0 Å². The lowest BCUT2D eigenvalue weighted by atomic mass is 10.1. The van der Waals surface area contributed by atoms with Crippen molar-refractivity contribution in [1.29, 1.82) is 0 Å². The molecule has 0 aromatic heterocycles. The first-order valence-corrected chi connectivity index (χ1v) is 7.16. The van der Waals surface area contributed by atoms with Gasteiger partial charge in [-0.05, 0) is 44.4 Å². The molecule has 0 aliphatic carbocycles. The van der Waals surface area contributed by atoms with Crippen molar-refractivity contribution < 1.29 is 9.84 Å². The average Bonchev–Trinajstić information content (AvgIpc) is 2.42. The number of hydrogen-bond acceptors (Lipinski definition) is 3. The van der Waals surface area contributed by atoms with Crippen LogP contribution in [0.1, 0.15) is 30.4 Å². The molecule has 110 valence electrons. The number of aryl methyl sites for hydroxylation is 2. The van der Waals surface area contributed by atoms with E-state index in [0.717, 1.165) is 42.7 Å². The van der Waals surface area contributed by atoms with Gasteiger partial charge in [0, 0.05) is 13.0 Å². The zero-order valence-corrected chi connectivity index (χ0v) is 12.5. The average molecular weight is 275 g/mol. The second-order valence-corrected chi connectivity index (χ2v) is 5.05. The van der Waals surface area contributed by atoms with E-state index in [1.165, 1.54) is 0 Å². The van der Waals surface area contributed by atoms with Crippen molar-refractivity contribution in [3.63, 3.8) is 0 Å². The highest BCUT2D eigenvalue weighted by Crippen LogP contribution is 2.22. The Hall–Kier alpha value is -1.50. The van der Waals surface area contributed by atoms with E-state index in [1.54, 1.807) is 0 Å². The topological polar surface area (TPSA) is 41.5 Å². The number of nitrogens with one attached hydrogen (secondary N) is 1. The molecular formula is C17H25NO2. The van der Waals surface area contributed by atoms with Crippen LogP contribution in [0.25, 0.3) is 0 Å². The number of rotatable bonds is 9. The zero-order chi connectivity index (χ0) is 14.8. The second-order valence-electron chi connectivity index (χ2n) is 5.05. The molecule has 1 aromatic rings. The van der Waals surface area contributed by atoms with Gasteiger partial charge in [0.25, 0.3) is 0 Å². The molecule has 0 fully saturated rings. The Bertz CT molecular complexity index is 417. The van der Waals surface area contributed by atoms with Crippen LogP contribution in [-0.4, -0.2) is 30.9 Å². The summed E-state index contributed by atoms with van der Waals surface area (Å²) in [5.74, 6) is 3.49. The van der Waals surface area contributed by atoms with E-state index in [-0.39, 0.29) is 0 Å². The SMILES string of the molecule is C#CCCCCNCC(O)COc1c(C)cccc1C. The standard InChI is InChI=1S/C17H25NO2/c1-4-5-6-7-11-18-12-16(19)13-20-17-14(2)9-8-10-15(17)3/h1,8-10,16,18-19H,5-7,11-13H2,2-3H3. The highest BCUT2D eigenvalue weighted by atomic mass is 16.5. The van der Waals surface area contributed by atoms with Crippen molar-refractivity contribution >= 4 is 0 Å². The lowest BCUT2D eigenvalue weighted by Gasteiger charge is -2.16. The van der Waals surface area contributed by atoms with Crippen LogP contribution in [0, 0.1) is 26.2 Å². The predicted octanol–water partition coefficient (Wildman–Crippen LogP) is 2.44. The fourth-order valence-electron chi connectivity index (χ4n) is 2.01. The van der Waals surface area contributed by atoms with Gasteiger partial charge >= 0.3 is 0 Å². The van der Waals surface area contributed by atoms with Crippen LogP contribution < -0.4 is 10.1 Å². The highest BCUT2D eigenvalue weighted by molar-refractivity contribution is 5.39. The molecule has 1 unspecified atom stereocenters. The van der Waals surface area contributed by atoms with E-state index in [4.69, 9.17) is 11.2 Å². The van der Waals surface area contributed by atoms with Crippen molar-refractivity contribution in [1.82, 2.24) is 5.32 Å². The number of terminal acetylenes is 1. The molecule has 0 spiro atoms. The van der Waals surface area contributed by atoms with Gasteiger partial charge in [0.2, 0.25) is 0 Å². The number of ether oxygens (including phenoxy) is 1. The Labute approximate surface area is 122 Å². The summed E-state index contributed by atoms with van der Waals surface area (Å²) in [6, 6.07) is 6.03. The number of aliphatic hydroxyl groups is 1. The fraction of sp³-hybridized carbons (Fsp3) is 0.529. The molecule has 0 amide bonds. The molecule has 0 radical (unpaired) electrons. The lowest BCUT2D eigenvalue weighted by Crippen LogP contribution is -2.32. The fourth-order valence-corrected chi connectivity index (χ4v) is 2.01. The minimum absolute atomic E-state index is 0.309. The van der Waals surface area contributed by atoms with E-state index in [9.17, 15) is 5.11 Å². The molecule has 0 bridgehead atoms. The summed E-state index contributed by atoms with van der Waals surface area (Å²) in [5.41, 5.74) is 2.19. The van der Waals surface area contributed by atoms with Crippen molar-refractivity contribution in [2.24, 2.45) is 0 Å². The minimum Gasteiger partial charge on any atom is -0.490 e. The summed E-state index contributed by atoms with van der Waals surface area (Å²) in [6.07, 6.45) is 7.57. The van der Waals surface area contributed by atoms with Gasteiger partial charge in [-0.15, -0.1) is 12.3 Å². The van der Waals surface area contributed by atoms with Gasteiger partial charge in [0.05, 0.1) is 0 Å². The van der Waals surface area contributed by atoms with Gasteiger partial charge in [-0.1, -0.05) is 18.2 Å². The monoisotopic (exact) mass is 275 g/mol. The van der Waals surface area contributed by atoms with Crippen LogP contribution in [0.2, 0.25) is 0 Å². The van der Waals surface area contributed by atoms with Crippen LogP contribution in [0.3, 0.4) is 0 Å². The number of unbranched alkanes of at least 4 members (excludes halogenated alkanes) is 2. The largest absolute Gasteiger partial charge is 0.490 e. The molecule has 0 aliphatic rings. The Balaban J connectivity index is 2.20. The third-order valence-corrected chi connectivity index (χ3v) is 3.13. The first-order valence-electron chi connectivity index (χ1n) is 7.16. The molecule has 2 N–H and O–H groups in total. The quantitative estimate of drug-likeness (QED) is 0.537. The van der Waals surface area contributed by atoms with E-state index in [2.05, 4.69) is 11.2 Å². The second kappa shape index (κ2) is 9.41. The van der Waals surface area contributed by atoms with Crippen molar-refractivity contribution in [3.8, 4) is 18.1 Å². The van der Waals surface area contributed by atoms with Crippen LogP contribution in [-0.2, 0) is 0 Å². The summed E-state index contributed by atoms with van der Waals surface area (Å²) in [4.78, 5) is 0. The molecular weight excluding hydrogens is 250 g/mol. The van der Waals surface area contributed by atoms with Gasteiger partial charge in [-0.2, -0.15) is 0 Å². The van der Waals surface area contributed by atoms with Gasteiger partial charge in [-0.25, -0.2) is 0 Å². The molecule has 20 heavy (non-hydrogen) atoms. The minimum atomic E-state index is -0.498. The van der Waals surface area contributed by atoms with E-state index in [0.29, 0.717) is 13.2 Å². The number of benzene rings is 1. The summed E-state index contributed by atoms with van der Waals surface area (Å²) in [6.45, 7) is 5.75. The summed E-state index contributed by atoms with van der Waals surface area (Å²) < 4.78 is 5.71. The summed E-state index contributed by atoms with van der Waals surface area (Å²) in [7, 11) is 0. The van der Waals surface area contributed by atoms with Gasteiger partial charge in [0.1, 0.15) is 18.5 Å². The molecule has 0 heterocycles. The maximum atomic E-state index is 9.88. The van der Waals surface area contributed by atoms with E-state index in [1.807, 2.05) is 32.0 Å². The van der Waals surface area contributed by atoms with Crippen molar-refractivity contribution in [3.05, 3.63) is 29.3 Å². The molecule has 1 rings (SSSR count). The lowest BCUT2D eigenvalue weighted by molar-refractivity contribution is 0.106. The summed E-state index contributed by atoms with van der Waals surface area (Å²) in [5, 5.41) is 13.1. The predicted molar refractivity (Wildman–Crippen MR) is 83.0 cm³/mol. The Morgan fingerprint density at radius 2 is 2.00 bits per heavy atom.